The van der Waals surface area contributed by atoms with Gasteiger partial charge in [-0.2, -0.15) is 0 Å². The zero-order chi connectivity index (χ0) is 10.2. The van der Waals surface area contributed by atoms with Crippen LogP contribution in [0.15, 0.2) is 12.1 Å². The summed E-state index contributed by atoms with van der Waals surface area (Å²) in [7, 11) is 0. The third-order valence-corrected chi connectivity index (χ3v) is 3.49. The van der Waals surface area contributed by atoms with E-state index in [0.29, 0.717) is 5.54 Å². The first kappa shape index (κ1) is 9.78. The summed E-state index contributed by atoms with van der Waals surface area (Å²) in [6, 6.07) is 4.45. The lowest BCUT2D eigenvalue weighted by Crippen LogP contribution is -2.42. The van der Waals surface area contributed by atoms with Gasteiger partial charge >= 0.3 is 0 Å². The second-order valence-corrected chi connectivity index (χ2v) is 4.70. The van der Waals surface area contributed by atoms with E-state index in [1.165, 1.54) is 24.2 Å². The Morgan fingerprint density at radius 1 is 1.14 bits per heavy atom. The topological polar surface area (TPSA) is 17.0 Å². The summed E-state index contributed by atoms with van der Waals surface area (Å²) in [4.78, 5) is 0. The van der Waals surface area contributed by atoms with Gasteiger partial charge in [0.25, 0.3) is 0 Å². The molecule has 1 aliphatic rings. The summed E-state index contributed by atoms with van der Waals surface area (Å²) >= 11 is 0. The van der Waals surface area contributed by atoms with E-state index in [-0.39, 0.29) is 0 Å². The normalized spacial score (nSPS) is 21.1. The molecule has 1 N–H and O–H groups in total. The first-order chi connectivity index (χ1) is 6.63. The number of piperidine rings is 1. The van der Waals surface area contributed by atoms with Crippen LogP contribution in [0.3, 0.4) is 0 Å². The number of nitrogens with zero attached hydrogens (tertiary/aromatic N) is 1. The van der Waals surface area contributed by atoms with Gasteiger partial charge in [-0.1, -0.05) is 0 Å². The lowest BCUT2D eigenvalue weighted by molar-refractivity contribution is 0.225. The summed E-state index contributed by atoms with van der Waals surface area (Å²) in [6.07, 6.45) is 2.48. The molecule has 14 heavy (non-hydrogen) atoms. The van der Waals surface area contributed by atoms with E-state index in [0.717, 1.165) is 13.1 Å². The molecule has 1 aliphatic heterocycles. The van der Waals surface area contributed by atoms with Gasteiger partial charge in [0.05, 0.1) is 0 Å². The van der Waals surface area contributed by atoms with Crippen molar-refractivity contribution in [3.05, 3.63) is 23.5 Å². The molecule has 1 saturated heterocycles. The van der Waals surface area contributed by atoms with Crippen molar-refractivity contribution in [2.24, 2.45) is 0 Å². The smallest absolute Gasteiger partial charge is 0.0441 e. The Bertz CT molecular complexity index is 300. The van der Waals surface area contributed by atoms with E-state index >= 15 is 0 Å². The van der Waals surface area contributed by atoms with Crippen LogP contribution >= 0.6 is 0 Å². The van der Waals surface area contributed by atoms with Crippen molar-refractivity contribution in [3.63, 3.8) is 0 Å². The van der Waals surface area contributed by atoms with Gasteiger partial charge in [-0.25, -0.2) is 0 Å². The van der Waals surface area contributed by atoms with Crippen LogP contribution < -0.4 is 5.32 Å². The molecule has 0 bridgehead atoms. The highest BCUT2D eigenvalue weighted by atomic mass is 15.1. The average molecular weight is 192 g/mol. The standard InChI is InChI=1S/C12H20N2/c1-10-4-5-11(2)14(10)12(3)6-8-13-9-7-12/h4-5,13H,6-9H2,1-3H3. The van der Waals surface area contributed by atoms with Crippen molar-refractivity contribution in [1.82, 2.24) is 9.88 Å². The molecule has 0 aromatic carbocycles. The Morgan fingerprint density at radius 3 is 2.14 bits per heavy atom. The van der Waals surface area contributed by atoms with Gasteiger partial charge in [0.15, 0.2) is 0 Å². The summed E-state index contributed by atoms with van der Waals surface area (Å²) in [6.45, 7) is 9.09. The highest BCUT2D eigenvalue weighted by Gasteiger charge is 2.29. The molecule has 0 atom stereocenters. The highest BCUT2D eigenvalue weighted by molar-refractivity contribution is 5.17. The van der Waals surface area contributed by atoms with Crippen LogP contribution in [0, 0.1) is 13.8 Å². The number of aryl methyl sites for hydroxylation is 2. The molecule has 0 aliphatic carbocycles. The van der Waals surface area contributed by atoms with Gasteiger partial charge in [-0.3, -0.25) is 0 Å². The third-order valence-electron chi connectivity index (χ3n) is 3.49. The monoisotopic (exact) mass is 192 g/mol. The molecule has 2 rings (SSSR count). The average Bonchev–Trinajstić information content (AvgIpc) is 2.48. The molecule has 0 unspecified atom stereocenters. The zero-order valence-corrected chi connectivity index (χ0v) is 9.43. The van der Waals surface area contributed by atoms with Crippen molar-refractivity contribution < 1.29 is 0 Å². The Balaban J connectivity index is 2.36. The van der Waals surface area contributed by atoms with Crippen molar-refractivity contribution in [1.29, 1.82) is 0 Å². The minimum Gasteiger partial charge on any atom is -0.343 e. The second kappa shape index (κ2) is 3.43. The molecule has 0 amide bonds. The molecule has 2 heterocycles. The molecule has 2 heteroatoms. The van der Waals surface area contributed by atoms with E-state index in [9.17, 15) is 0 Å². The summed E-state index contributed by atoms with van der Waals surface area (Å²) in [5, 5.41) is 3.43. The van der Waals surface area contributed by atoms with E-state index in [2.05, 4.69) is 42.8 Å². The highest BCUT2D eigenvalue weighted by Crippen LogP contribution is 2.30. The largest absolute Gasteiger partial charge is 0.343 e. The van der Waals surface area contributed by atoms with Gasteiger partial charge in [0, 0.05) is 16.9 Å². The fourth-order valence-corrected chi connectivity index (χ4v) is 2.71. The predicted octanol–water partition coefficient (Wildman–Crippen LogP) is 2.20. The summed E-state index contributed by atoms with van der Waals surface area (Å²) in [5.74, 6) is 0. The zero-order valence-electron chi connectivity index (χ0n) is 9.43. The second-order valence-electron chi connectivity index (χ2n) is 4.70. The van der Waals surface area contributed by atoms with Crippen LogP contribution in [0.25, 0.3) is 0 Å². The SMILES string of the molecule is Cc1ccc(C)n1C1(C)CCNCC1. The Morgan fingerprint density at radius 2 is 1.64 bits per heavy atom. The van der Waals surface area contributed by atoms with Crippen molar-refractivity contribution >= 4 is 0 Å². The van der Waals surface area contributed by atoms with E-state index in [4.69, 9.17) is 0 Å². The fourth-order valence-electron chi connectivity index (χ4n) is 2.71. The maximum atomic E-state index is 3.43. The van der Waals surface area contributed by atoms with Crippen molar-refractivity contribution in [2.45, 2.75) is 39.2 Å². The minimum absolute atomic E-state index is 0.336. The lowest BCUT2D eigenvalue weighted by Gasteiger charge is -2.38. The van der Waals surface area contributed by atoms with E-state index in [1.54, 1.807) is 0 Å². The molecular formula is C12H20N2. The van der Waals surface area contributed by atoms with Crippen molar-refractivity contribution in [2.75, 3.05) is 13.1 Å². The van der Waals surface area contributed by atoms with Crippen LogP contribution in [0.4, 0.5) is 0 Å². The number of hydrogen-bond donors (Lipinski definition) is 1. The first-order valence-electron chi connectivity index (χ1n) is 5.50. The lowest BCUT2D eigenvalue weighted by atomic mass is 9.90. The molecule has 1 fully saturated rings. The molecule has 0 spiro atoms. The number of aromatic nitrogens is 1. The molecule has 1 aromatic heterocycles. The number of hydrogen-bond acceptors (Lipinski definition) is 1. The Kier molecular flexibility index (Phi) is 2.40. The van der Waals surface area contributed by atoms with Gasteiger partial charge < -0.3 is 9.88 Å². The molecule has 0 saturated carbocycles. The van der Waals surface area contributed by atoms with Gasteiger partial charge in [0.1, 0.15) is 0 Å². The van der Waals surface area contributed by atoms with Gasteiger partial charge in [0.2, 0.25) is 0 Å². The third kappa shape index (κ3) is 1.48. The van der Waals surface area contributed by atoms with Crippen LogP contribution in [-0.4, -0.2) is 17.7 Å². The van der Waals surface area contributed by atoms with Crippen LogP contribution in [0.1, 0.15) is 31.2 Å². The maximum Gasteiger partial charge on any atom is 0.0441 e. The molecule has 2 nitrogen and oxygen atoms in total. The summed E-state index contributed by atoms with van der Waals surface area (Å²) in [5.41, 5.74) is 3.13. The van der Waals surface area contributed by atoms with Gasteiger partial charge in [-0.15, -0.1) is 0 Å². The molecular weight excluding hydrogens is 172 g/mol. The first-order valence-corrected chi connectivity index (χ1v) is 5.50. The van der Waals surface area contributed by atoms with Crippen LogP contribution in [-0.2, 0) is 5.54 Å². The maximum absolute atomic E-state index is 3.43. The Hall–Kier alpha value is -0.760. The van der Waals surface area contributed by atoms with Crippen molar-refractivity contribution in [3.8, 4) is 0 Å². The molecule has 78 valence electrons. The number of rotatable bonds is 1. The van der Waals surface area contributed by atoms with Crippen LogP contribution in [0.2, 0.25) is 0 Å². The number of nitrogens with one attached hydrogen (secondary N) is 1. The molecule has 1 aromatic rings. The Labute approximate surface area is 86.3 Å². The summed E-state index contributed by atoms with van der Waals surface area (Å²) < 4.78 is 2.51. The van der Waals surface area contributed by atoms with Crippen LogP contribution in [0.5, 0.6) is 0 Å². The fraction of sp³-hybridized carbons (Fsp3) is 0.667. The quantitative estimate of drug-likeness (QED) is 0.722. The minimum atomic E-state index is 0.336. The molecule has 0 radical (unpaired) electrons. The van der Waals surface area contributed by atoms with E-state index < -0.39 is 0 Å². The van der Waals surface area contributed by atoms with Gasteiger partial charge in [-0.05, 0) is 58.8 Å². The van der Waals surface area contributed by atoms with E-state index in [1.807, 2.05) is 0 Å². The predicted molar refractivity (Wildman–Crippen MR) is 59.7 cm³/mol.